The maximum absolute atomic E-state index is 11.9. The van der Waals surface area contributed by atoms with Crippen LogP contribution in [-0.4, -0.2) is 31.1 Å². The summed E-state index contributed by atoms with van der Waals surface area (Å²) < 4.78 is 10.7. The standard InChI is InChI=1S/C17H24O.C12H22O3/c1-11(18)14-9-12(16(2,3)4)10-15-13(14)7-8-17(15,5)6;1-3-4-5-6-11-9-14-8-7-12(11)15-10(2)13/h9-10H,7-8H2,1-6H3;11-12H,3-9H2,1-2H3. The van der Waals surface area contributed by atoms with E-state index in [-0.39, 0.29) is 28.7 Å². The van der Waals surface area contributed by atoms with Crippen LogP contribution >= 0.6 is 0 Å². The Balaban J connectivity index is 0.000000238. The smallest absolute Gasteiger partial charge is 0.302 e. The number of fused-ring (bicyclic) bond motifs is 1. The monoisotopic (exact) mass is 458 g/mol. The van der Waals surface area contributed by atoms with Crippen molar-refractivity contribution >= 4 is 11.8 Å². The molecule has 2 aliphatic rings. The molecule has 4 heteroatoms. The number of esters is 1. The molecule has 33 heavy (non-hydrogen) atoms. The Hall–Kier alpha value is -1.68. The molecule has 4 nitrogen and oxygen atoms in total. The van der Waals surface area contributed by atoms with E-state index in [9.17, 15) is 9.59 Å². The SMILES string of the molecule is CC(=O)c1cc(C(C)(C)C)cc2c1CCC2(C)C.CCCCCC1COCCC1OC(C)=O. The molecule has 0 saturated carbocycles. The van der Waals surface area contributed by atoms with E-state index in [1.165, 1.54) is 42.9 Å². The summed E-state index contributed by atoms with van der Waals surface area (Å²) in [6, 6.07) is 4.44. The van der Waals surface area contributed by atoms with E-state index in [0.29, 0.717) is 5.92 Å². The van der Waals surface area contributed by atoms with Gasteiger partial charge < -0.3 is 9.47 Å². The van der Waals surface area contributed by atoms with Gasteiger partial charge in [-0.15, -0.1) is 0 Å². The van der Waals surface area contributed by atoms with Crippen LogP contribution in [0.1, 0.15) is 121 Å². The molecule has 1 fully saturated rings. The minimum atomic E-state index is -0.164. The number of Topliss-reactive ketones (excluding diaryl/α,β-unsaturated/α-hetero) is 1. The Morgan fingerprint density at radius 3 is 2.42 bits per heavy atom. The van der Waals surface area contributed by atoms with E-state index in [1.54, 1.807) is 6.92 Å². The van der Waals surface area contributed by atoms with E-state index in [2.05, 4.69) is 53.7 Å². The van der Waals surface area contributed by atoms with E-state index in [4.69, 9.17) is 9.47 Å². The molecule has 1 saturated heterocycles. The maximum atomic E-state index is 11.9. The van der Waals surface area contributed by atoms with Crippen LogP contribution < -0.4 is 0 Å². The van der Waals surface area contributed by atoms with Gasteiger partial charge >= 0.3 is 5.97 Å². The lowest BCUT2D eigenvalue weighted by Crippen LogP contribution is -2.35. The molecule has 186 valence electrons. The molecule has 0 N–H and O–H groups in total. The number of hydrogen-bond acceptors (Lipinski definition) is 4. The number of carbonyl (C=O) groups excluding carboxylic acids is 2. The highest BCUT2D eigenvalue weighted by Gasteiger charge is 2.33. The second kappa shape index (κ2) is 11.6. The van der Waals surface area contributed by atoms with Gasteiger partial charge in [-0.3, -0.25) is 9.59 Å². The van der Waals surface area contributed by atoms with Crippen LogP contribution in [0.25, 0.3) is 0 Å². The molecule has 1 aromatic carbocycles. The summed E-state index contributed by atoms with van der Waals surface area (Å²) in [5.74, 6) is 0.451. The normalized spacial score (nSPS) is 21.6. The second-order valence-corrected chi connectivity index (χ2v) is 11.5. The van der Waals surface area contributed by atoms with Crippen molar-refractivity contribution in [2.75, 3.05) is 13.2 Å². The summed E-state index contributed by atoms with van der Waals surface area (Å²) in [6.45, 7) is 18.0. The van der Waals surface area contributed by atoms with Crippen molar-refractivity contribution in [1.29, 1.82) is 0 Å². The average molecular weight is 459 g/mol. The molecule has 2 unspecified atom stereocenters. The summed E-state index contributed by atoms with van der Waals surface area (Å²) >= 11 is 0. The summed E-state index contributed by atoms with van der Waals surface area (Å²) in [7, 11) is 0. The molecule has 2 atom stereocenters. The third-order valence-corrected chi connectivity index (χ3v) is 7.12. The quantitative estimate of drug-likeness (QED) is 0.263. The first-order chi connectivity index (χ1) is 15.4. The zero-order valence-electron chi connectivity index (χ0n) is 22.3. The number of benzene rings is 1. The Morgan fingerprint density at radius 1 is 1.15 bits per heavy atom. The Labute approximate surface area is 201 Å². The van der Waals surface area contributed by atoms with Crippen molar-refractivity contribution in [3.05, 3.63) is 34.4 Å². The highest BCUT2D eigenvalue weighted by Crippen LogP contribution is 2.42. The molecule has 0 amide bonds. The third-order valence-electron chi connectivity index (χ3n) is 7.12. The first kappa shape index (κ1) is 27.6. The van der Waals surface area contributed by atoms with Gasteiger partial charge in [0.05, 0.1) is 13.2 Å². The number of carbonyl (C=O) groups is 2. The predicted octanol–water partition coefficient (Wildman–Crippen LogP) is 6.95. The van der Waals surface area contributed by atoms with Gasteiger partial charge in [0.1, 0.15) is 6.10 Å². The number of ketones is 1. The van der Waals surface area contributed by atoms with Gasteiger partial charge in [-0.1, -0.05) is 66.9 Å². The number of hydrogen-bond donors (Lipinski definition) is 0. The lowest BCUT2D eigenvalue weighted by Gasteiger charge is -2.30. The fourth-order valence-corrected chi connectivity index (χ4v) is 4.94. The van der Waals surface area contributed by atoms with E-state index < -0.39 is 0 Å². The first-order valence-electron chi connectivity index (χ1n) is 12.8. The van der Waals surface area contributed by atoms with Crippen molar-refractivity contribution in [3.63, 3.8) is 0 Å². The van der Waals surface area contributed by atoms with Crippen LogP contribution in [0.5, 0.6) is 0 Å². The van der Waals surface area contributed by atoms with Crippen LogP contribution in [0.2, 0.25) is 0 Å². The van der Waals surface area contributed by atoms with Crippen molar-refractivity contribution in [2.45, 2.75) is 117 Å². The molecule has 0 spiro atoms. The molecular weight excluding hydrogens is 412 g/mol. The van der Waals surface area contributed by atoms with E-state index in [0.717, 1.165) is 44.5 Å². The van der Waals surface area contributed by atoms with Crippen molar-refractivity contribution in [2.24, 2.45) is 5.92 Å². The van der Waals surface area contributed by atoms with Gasteiger partial charge in [0.15, 0.2) is 5.78 Å². The third kappa shape index (κ3) is 7.67. The first-order valence-corrected chi connectivity index (χ1v) is 12.8. The second-order valence-electron chi connectivity index (χ2n) is 11.5. The average Bonchev–Trinajstić information content (AvgIpc) is 3.03. The predicted molar refractivity (Wildman–Crippen MR) is 135 cm³/mol. The molecule has 1 heterocycles. The molecule has 0 radical (unpaired) electrons. The lowest BCUT2D eigenvalue weighted by molar-refractivity contribution is -0.156. The topological polar surface area (TPSA) is 52.6 Å². The Bertz CT molecular complexity index is 816. The summed E-state index contributed by atoms with van der Waals surface area (Å²) in [5.41, 5.74) is 5.21. The number of unbranched alkanes of at least 4 members (excludes halogenated alkanes) is 2. The van der Waals surface area contributed by atoms with Gasteiger partial charge in [-0.05, 0) is 59.8 Å². The number of ether oxygens (including phenoxy) is 2. The highest BCUT2D eigenvalue weighted by molar-refractivity contribution is 5.96. The van der Waals surface area contributed by atoms with Crippen molar-refractivity contribution in [3.8, 4) is 0 Å². The largest absolute Gasteiger partial charge is 0.462 e. The van der Waals surface area contributed by atoms with Gasteiger partial charge in [-0.25, -0.2) is 0 Å². The summed E-state index contributed by atoms with van der Waals surface area (Å²) in [6.07, 6.45) is 7.95. The molecule has 1 aliphatic heterocycles. The van der Waals surface area contributed by atoms with Gasteiger partial charge in [0, 0.05) is 24.8 Å². The molecule has 1 aromatic rings. The molecule has 0 aromatic heterocycles. The lowest BCUT2D eigenvalue weighted by atomic mass is 9.79. The van der Waals surface area contributed by atoms with E-state index >= 15 is 0 Å². The van der Waals surface area contributed by atoms with Gasteiger partial charge in [-0.2, -0.15) is 0 Å². The number of rotatable bonds is 6. The molecule has 3 rings (SSSR count). The van der Waals surface area contributed by atoms with Crippen LogP contribution in [0.15, 0.2) is 12.1 Å². The maximum Gasteiger partial charge on any atom is 0.302 e. The minimum Gasteiger partial charge on any atom is -0.462 e. The Morgan fingerprint density at radius 2 is 1.85 bits per heavy atom. The minimum absolute atomic E-state index is 0.0908. The molecule has 0 bridgehead atoms. The van der Waals surface area contributed by atoms with Crippen molar-refractivity contribution in [1.82, 2.24) is 0 Å². The fraction of sp³-hybridized carbons (Fsp3) is 0.724. The van der Waals surface area contributed by atoms with Crippen LogP contribution in [0, 0.1) is 5.92 Å². The van der Waals surface area contributed by atoms with Gasteiger partial charge in [0.2, 0.25) is 0 Å². The summed E-state index contributed by atoms with van der Waals surface area (Å²) in [4.78, 5) is 22.8. The molecular formula is C29H46O4. The molecule has 1 aliphatic carbocycles. The summed E-state index contributed by atoms with van der Waals surface area (Å²) in [5, 5.41) is 0. The zero-order chi connectivity index (χ0) is 24.8. The van der Waals surface area contributed by atoms with Gasteiger partial charge in [0.25, 0.3) is 0 Å². The van der Waals surface area contributed by atoms with Crippen LogP contribution in [0.4, 0.5) is 0 Å². The van der Waals surface area contributed by atoms with E-state index in [1.807, 2.05) is 0 Å². The fourth-order valence-electron chi connectivity index (χ4n) is 4.94. The highest BCUT2D eigenvalue weighted by atomic mass is 16.6. The van der Waals surface area contributed by atoms with Crippen molar-refractivity contribution < 1.29 is 19.1 Å². The Kier molecular flexibility index (Phi) is 9.72. The zero-order valence-corrected chi connectivity index (χ0v) is 22.3. The van der Waals surface area contributed by atoms with Crippen LogP contribution in [0.3, 0.4) is 0 Å². The van der Waals surface area contributed by atoms with Crippen LogP contribution in [-0.2, 0) is 31.5 Å².